The first kappa shape index (κ1) is 13.5. The number of ether oxygens (including phenoxy) is 2. The molecule has 0 bridgehead atoms. The van der Waals surface area contributed by atoms with Crippen LogP contribution in [0.5, 0.6) is 5.75 Å². The quantitative estimate of drug-likeness (QED) is 0.535. The molecule has 0 amide bonds. The van der Waals surface area contributed by atoms with Crippen molar-refractivity contribution in [3.8, 4) is 5.75 Å². The average Bonchev–Trinajstić information content (AvgIpc) is 2.33. The zero-order chi connectivity index (χ0) is 11.6. The molecule has 0 radical (unpaired) electrons. The zero-order valence-corrected chi connectivity index (χ0v) is 11.3. The Morgan fingerprint density at radius 3 is 2.75 bits per heavy atom. The largest absolute Gasteiger partial charge is 0.493 e. The lowest BCUT2D eigenvalue weighted by Crippen LogP contribution is -2.01. The molecule has 0 aliphatic heterocycles. The molecule has 0 spiro atoms. The van der Waals surface area contributed by atoms with Crippen LogP contribution in [0.3, 0.4) is 0 Å². The number of para-hydroxylation sites is 1. The Kier molecular flexibility index (Phi) is 7.26. The van der Waals surface area contributed by atoms with Crippen molar-refractivity contribution in [2.75, 3.05) is 18.5 Å². The van der Waals surface area contributed by atoms with Crippen LogP contribution in [0.1, 0.15) is 25.3 Å². The number of rotatable bonds is 8. The van der Waals surface area contributed by atoms with Gasteiger partial charge < -0.3 is 9.47 Å². The van der Waals surface area contributed by atoms with Gasteiger partial charge in [-0.25, -0.2) is 0 Å². The highest BCUT2D eigenvalue weighted by Gasteiger charge is 2.02. The third-order valence-corrected chi connectivity index (χ3v) is 2.78. The molecule has 0 aromatic heterocycles. The van der Waals surface area contributed by atoms with Crippen LogP contribution in [0, 0.1) is 0 Å². The molecule has 0 unspecified atom stereocenters. The minimum Gasteiger partial charge on any atom is -0.493 e. The van der Waals surface area contributed by atoms with Crippen molar-refractivity contribution in [3.05, 3.63) is 29.8 Å². The van der Waals surface area contributed by atoms with Crippen molar-refractivity contribution in [1.29, 1.82) is 0 Å². The molecule has 90 valence electrons. The number of halogens is 1. The van der Waals surface area contributed by atoms with E-state index in [9.17, 15) is 0 Å². The predicted octanol–water partition coefficient (Wildman–Crippen LogP) is 3.78. The van der Waals surface area contributed by atoms with Crippen molar-refractivity contribution in [2.45, 2.75) is 26.4 Å². The van der Waals surface area contributed by atoms with Gasteiger partial charge in [-0.1, -0.05) is 34.1 Å². The van der Waals surface area contributed by atoms with Crippen LogP contribution < -0.4 is 4.74 Å². The lowest BCUT2D eigenvalue weighted by molar-refractivity contribution is 0.131. The number of hydrogen-bond donors (Lipinski definition) is 0. The Morgan fingerprint density at radius 1 is 1.19 bits per heavy atom. The minimum absolute atomic E-state index is 0.630. The van der Waals surface area contributed by atoms with Crippen LogP contribution in [-0.2, 0) is 11.3 Å². The summed E-state index contributed by atoms with van der Waals surface area (Å²) in [7, 11) is 0. The molecular formula is C13H19BrO2. The van der Waals surface area contributed by atoms with Gasteiger partial charge in [0, 0.05) is 17.5 Å². The van der Waals surface area contributed by atoms with Crippen molar-refractivity contribution >= 4 is 15.9 Å². The molecule has 1 rings (SSSR count). The summed E-state index contributed by atoms with van der Waals surface area (Å²) in [6.45, 7) is 4.14. The molecule has 0 atom stereocenters. The van der Waals surface area contributed by atoms with Gasteiger partial charge >= 0.3 is 0 Å². The van der Waals surface area contributed by atoms with E-state index in [0.717, 1.165) is 42.7 Å². The van der Waals surface area contributed by atoms with Crippen molar-refractivity contribution in [1.82, 2.24) is 0 Å². The van der Waals surface area contributed by atoms with Gasteiger partial charge in [0.2, 0.25) is 0 Å². The summed E-state index contributed by atoms with van der Waals surface area (Å²) >= 11 is 3.41. The third-order valence-electron chi connectivity index (χ3n) is 2.22. The highest BCUT2D eigenvalue weighted by atomic mass is 79.9. The molecule has 2 nitrogen and oxygen atoms in total. The first-order valence-corrected chi connectivity index (χ1v) is 6.85. The van der Waals surface area contributed by atoms with Gasteiger partial charge in [0.25, 0.3) is 0 Å². The predicted molar refractivity (Wildman–Crippen MR) is 70.3 cm³/mol. The SMILES string of the molecule is CCOCc1ccccc1OCCCCBr. The van der Waals surface area contributed by atoms with E-state index in [0.29, 0.717) is 6.61 Å². The van der Waals surface area contributed by atoms with Gasteiger partial charge in [0.05, 0.1) is 13.2 Å². The normalized spacial score (nSPS) is 10.4. The van der Waals surface area contributed by atoms with Gasteiger partial charge in [0.1, 0.15) is 5.75 Å². The summed E-state index contributed by atoms with van der Waals surface area (Å²) in [5.74, 6) is 0.950. The van der Waals surface area contributed by atoms with Gasteiger partial charge in [-0.2, -0.15) is 0 Å². The lowest BCUT2D eigenvalue weighted by Gasteiger charge is -2.10. The summed E-state index contributed by atoms with van der Waals surface area (Å²) in [4.78, 5) is 0. The summed E-state index contributed by atoms with van der Waals surface area (Å²) in [5, 5.41) is 1.04. The van der Waals surface area contributed by atoms with Crippen molar-refractivity contribution in [3.63, 3.8) is 0 Å². The Hall–Kier alpha value is -0.540. The van der Waals surface area contributed by atoms with E-state index in [4.69, 9.17) is 9.47 Å². The Balaban J connectivity index is 2.43. The van der Waals surface area contributed by atoms with E-state index in [1.807, 2.05) is 25.1 Å². The number of unbranched alkanes of at least 4 members (excludes halogenated alkanes) is 1. The van der Waals surface area contributed by atoms with E-state index >= 15 is 0 Å². The maximum Gasteiger partial charge on any atom is 0.124 e. The molecule has 0 aliphatic rings. The highest BCUT2D eigenvalue weighted by Crippen LogP contribution is 2.19. The molecule has 1 aromatic carbocycles. The standard InChI is InChI=1S/C13H19BrO2/c1-2-15-11-12-7-3-4-8-13(12)16-10-6-5-9-14/h3-4,7-8H,2,5-6,9-11H2,1H3. The maximum absolute atomic E-state index is 5.74. The number of hydrogen-bond acceptors (Lipinski definition) is 2. The van der Waals surface area contributed by atoms with E-state index in [1.54, 1.807) is 0 Å². The summed E-state index contributed by atoms with van der Waals surface area (Å²) in [5.41, 5.74) is 1.13. The van der Waals surface area contributed by atoms with Crippen LogP contribution in [0.25, 0.3) is 0 Å². The summed E-state index contributed by atoms with van der Waals surface area (Å²) in [6, 6.07) is 8.06. The fourth-order valence-electron chi connectivity index (χ4n) is 1.35. The van der Waals surface area contributed by atoms with E-state index in [-0.39, 0.29) is 0 Å². The molecule has 0 saturated carbocycles. The van der Waals surface area contributed by atoms with Crippen LogP contribution in [0.15, 0.2) is 24.3 Å². The molecule has 0 N–H and O–H groups in total. The Labute approximate surface area is 106 Å². The monoisotopic (exact) mass is 286 g/mol. The summed E-state index contributed by atoms with van der Waals surface area (Å²) < 4.78 is 11.1. The molecule has 0 saturated heterocycles. The number of alkyl halides is 1. The molecular weight excluding hydrogens is 268 g/mol. The molecule has 1 aromatic rings. The van der Waals surface area contributed by atoms with Gasteiger partial charge in [-0.05, 0) is 25.8 Å². The maximum atomic E-state index is 5.74. The van der Waals surface area contributed by atoms with Crippen LogP contribution >= 0.6 is 15.9 Å². The van der Waals surface area contributed by atoms with Gasteiger partial charge in [-0.3, -0.25) is 0 Å². The van der Waals surface area contributed by atoms with Crippen LogP contribution in [0.4, 0.5) is 0 Å². The van der Waals surface area contributed by atoms with E-state index in [1.165, 1.54) is 0 Å². The molecule has 16 heavy (non-hydrogen) atoms. The molecule has 0 fully saturated rings. The van der Waals surface area contributed by atoms with E-state index in [2.05, 4.69) is 22.0 Å². The molecule has 3 heteroatoms. The number of benzene rings is 1. The van der Waals surface area contributed by atoms with Gasteiger partial charge in [-0.15, -0.1) is 0 Å². The second-order valence-corrected chi connectivity index (χ2v) is 4.28. The fourth-order valence-corrected chi connectivity index (χ4v) is 1.75. The third kappa shape index (κ3) is 4.99. The van der Waals surface area contributed by atoms with Crippen LogP contribution in [-0.4, -0.2) is 18.5 Å². The lowest BCUT2D eigenvalue weighted by atomic mass is 10.2. The summed E-state index contributed by atoms with van der Waals surface area (Å²) in [6.07, 6.45) is 2.22. The van der Waals surface area contributed by atoms with E-state index < -0.39 is 0 Å². The second-order valence-electron chi connectivity index (χ2n) is 3.49. The fraction of sp³-hybridized carbons (Fsp3) is 0.538. The van der Waals surface area contributed by atoms with Crippen molar-refractivity contribution < 1.29 is 9.47 Å². The first-order chi connectivity index (χ1) is 7.88. The smallest absolute Gasteiger partial charge is 0.124 e. The zero-order valence-electron chi connectivity index (χ0n) is 9.75. The van der Waals surface area contributed by atoms with Crippen molar-refractivity contribution in [2.24, 2.45) is 0 Å². The Morgan fingerprint density at radius 2 is 2.00 bits per heavy atom. The Bertz CT molecular complexity index is 289. The van der Waals surface area contributed by atoms with Gasteiger partial charge in [0.15, 0.2) is 0 Å². The first-order valence-electron chi connectivity index (χ1n) is 5.73. The van der Waals surface area contributed by atoms with Crippen LogP contribution in [0.2, 0.25) is 0 Å². The average molecular weight is 287 g/mol. The highest BCUT2D eigenvalue weighted by molar-refractivity contribution is 9.09. The second kappa shape index (κ2) is 8.59. The molecule has 0 heterocycles. The minimum atomic E-state index is 0.630. The topological polar surface area (TPSA) is 18.5 Å². The molecule has 0 aliphatic carbocycles.